The summed E-state index contributed by atoms with van der Waals surface area (Å²) in [5.41, 5.74) is 1.04. The molecule has 5 heteroatoms. The van der Waals surface area contributed by atoms with E-state index in [1.165, 1.54) is 37.9 Å². The van der Waals surface area contributed by atoms with Crippen molar-refractivity contribution in [2.24, 2.45) is 11.8 Å². The summed E-state index contributed by atoms with van der Waals surface area (Å²) in [5.74, 6) is 2.19. The van der Waals surface area contributed by atoms with Crippen molar-refractivity contribution in [2.45, 2.75) is 77.0 Å². The smallest absolute Gasteiger partial charge is 0.231 e. The summed E-state index contributed by atoms with van der Waals surface area (Å²) in [4.78, 5) is 4.71. The van der Waals surface area contributed by atoms with Crippen molar-refractivity contribution in [3.05, 3.63) is 65.4 Å². The van der Waals surface area contributed by atoms with Crippen molar-refractivity contribution in [3.8, 4) is 0 Å². The fourth-order valence-electron chi connectivity index (χ4n) is 6.60. The molecule has 34 heavy (non-hydrogen) atoms. The molecule has 2 aromatic rings. The average Bonchev–Trinajstić information content (AvgIpc) is 3.33. The quantitative estimate of drug-likeness (QED) is 0.408. The molecule has 1 saturated carbocycles. The number of piperidine rings is 3. The number of nitrogens with zero attached hydrogens (tertiary/aromatic N) is 2. The molecule has 3 aliphatic heterocycles. The number of oxazole rings is 1. The number of benzene rings is 1. The van der Waals surface area contributed by atoms with E-state index in [9.17, 15) is 5.11 Å². The van der Waals surface area contributed by atoms with Gasteiger partial charge in [0.05, 0.1) is 25.9 Å². The van der Waals surface area contributed by atoms with Crippen LogP contribution in [0.4, 0.5) is 0 Å². The zero-order chi connectivity index (χ0) is 23.6. The van der Waals surface area contributed by atoms with Crippen LogP contribution in [0.2, 0.25) is 0 Å². The molecule has 0 radical (unpaired) electrons. The van der Waals surface area contributed by atoms with Crippen LogP contribution in [0.25, 0.3) is 0 Å². The first-order valence-electron chi connectivity index (χ1n) is 13.3. The Hall–Kier alpha value is -1.95. The molecule has 4 aliphatic rings. The molecular weight excluding hydrogens is 424 g/mol. The van der Waals surface area contributed by atoms with Gasteiger partial charge in [-0.2, -0.15) is 0 Å². The Morgan fingerprint density at radius 2 is 1.85 bits per heavy atom. The number of aliphatic hydroxyl groups is 1. The van der Waals surface area contributed by atoms with Crippen molar-refractivity contribution in [1.82, 2.24) is 4.98 Å². The van der Waals surface area contributed by atoms with Gasteiger partial charge in [0.1, 0.15) is 19.2 Å². The number of hydrogen-bond donors (Lipinski definition) is 1. The van der Waals surface area contributed by atoms with Crippen LogP contribution in [0.5, 0.6) is 0 Å². The Labute approximate surface area is 204 Å². The highest BCUT2D eigenvalue weighted by Crippen LogP contribution is 2.44. The lowest BCUT2D eigenvalue weighted by Gasteiger charge is -2.51. The first-order chi connectivity index (χ1) is 16.5. The lowest BCUT2D eigenvalue weighted by molar-refractivity contribution is -0.959. The zero-order valence-corrected chi connectivity index (χ0v) is 20.9. The molecule has 1 aliphatic carbocycles. The summed E-state index contributed by atoms with van der Waals surface area (Å²) in [6.07, 6.45) is 12.4. The van der Waals surface area contributed by atoms with E-state index in [0.29, 0.717) is 24.5 Å². The van der Waals surface area contributed by atoms with Crippen molar-refractivity contribution in [3.63, 3.8) is 0 Å². The molecule has 1 unspecified atom stereocenters. The molecule has 0 amide bonds. The van der Waals surface area contributed by atoms with Crippen LogP contribution in [0, 0.1) is 11.8 Å². The predicted molar refractivity (Wildman–Crippen MR) is 133 cm³/mol. The van der Waals surface area contributed by atoms with Crippen LogP contribution < -0.4 is 0 Å². The van der Waals surface area contributed by atoms with Crippen molar-refractivity contribution in [1.29, 1.82) is 0 Å². The van der Waals surface area contributed by atoms with Gasteiger partial charge in [0.15, 0.2) is 11.4 Å². The van der Waals surface area contributed by atoms with E-state index in [1.807, 2.05) is 36.5 Å². The highest BCUT2D eigenvalue weighted by molar-refractivity contribution is 5.30. The molecule has 2 bridgehead atoms. The summed E-state index contributed by atoms with van der Waals surface area (Å²) in [7, 11) is 0. The maximum Gasteiger partial charge on any atom is 0.231 e. The third-order valence-corrected chi connectivity index (χ3v) is 8.62. The summed E-state index contributed by atoms with van der Waals surface area (Å²) in [5, 5.41) is 12.1. The van der Waals surface area contributed by atoms with Crippen LogP contribution >= 0.6 is 0 Å². The molecule has 0 spiro atoms. The molecule has 3 saturated heterocycles. The third kappa shape index (κ3) is 4.75. The summed E-state index contributed by atoms with van der Waals surface area (Å²) in [6, 6.07) is 10.0. The van der Waals surface area contributed by atoms with Crippen LogP contribution in [-0.4, -0.2) is 46.9 Å². The molecular formula is C29H41N2O3+. The normalized spacial score (nSPS) is 29.0. The largest absolute Gasteiger partial charge is 0.436 e. The van der Waals surface area contributed by atoms with E-state index >= 15 is 0 Å². The minimum atomic E-state index is -1.16. The zero-order valence-electron chi connectivity index (χ0n) is 20.9. The molecule has 6 rings (SSSR count). The number of ether oxygens (including phenoxy) is 1. The predicted octanol–water partition coefficient (Wildman–Crippen LogP) is 5.58. The lowest BCUT2D eigenvalue weighted by Crippen LogP contribution is -2.63. The van der Waals surface area contributed by atoms with Crippen molar-refractivity contribution in [2.75, 3.05) is 26.2 Å². The minimum Gasteiger partial charge on any atom is -0.436 e. The minimum absolute atomic E-state index is 0.140. The Morgan fingerprint density at radius 3 is 2.56 bits per heavy atom. The summed E-state index contributed by atoms with van der Waals surface area (Å²) in [6.45, 7) is 9.18. The summed E-state index contributed by atoms with van der Waals surface area (Å²) >= 11 is 0. The second-order valence-corrected chi connectivity index (χ2v) is 11.2. The molecule has 4 heterocycles. The van der Waals surface area contributed by atoms with Gasteiger partial charge in [-0.05, 0) is 32.3 Å². The number of rotatable bonds is 8. The van der Waals surface area contributed by atoms with Gasteiger partial charge < -0.3 is 18.7 Å². The molecule has 184 valence electrons. The van der Waals surface area contributed by atoms with Crippen molar-refractivity contribution >= 4 is 0 Å². The van der Waals surface area contributed by atoms with Gasteiger partial charge >= 0.3 is 0 Å². The first-order valence-corrected chi connectivity index (χ1v) is 13.3. The Balaban J connectivity index is 1.35. The number of hydrogen-bond acceptors (Lipinski definition) is 4. The van der Waals surface area contributed by atoms with Crippen LogP contribution in [0.1, 0.15) is 76.0 Å². The van der Waals surface area contributed by atoms with Crippen LogP contribution in [-0.2, 0) is 16.9 Å². The van der Waals surface area contributed by atoms with E-state index in [0.717, 1.165) is 54.6 Å². The lowest BCUT2D eigenvalue weighted by atomic mass is 9.73. The van der Waals surface area contributed by atoms with E-state index in [-0.39, 0.29) is 5.92 Å². The molecule has 1 aromatic heterocycles. The Bertz CT molecular complexity index is 966. The topological polar surface area (TPSA) is 55.5 Å². The average molecular weight is 466 g/mol. The maximum absolute atomic E-state index is 12.1. The van der Waals surface area contributed by atoms with Gasteiger partial charge in [0, 0.05) is 24.7 Å². The van der Waals surface area contributed by atoms with Gasteiger partial charge in [-0.3, -0.25) is 0 Å². The van der Waals surface area contributed by atoms with Gasteiger partial charge in [-0.1, -0.05) is 61.2 Å². The molecule has 2 atom stereocenters. The Kier molecular flexibility index (Phi) is 6.97. The second-order valence-electron chi connectivity index (χ2n) is 11.2. The van der Waals surface area contributed by atoms with Crippen molar-refractivity contribution < 1.29 is 18.7 Å². The third-order valence-electron chi connectivity index (χ3n) is 8.62. The first kappa shape index (κ1) is 23.8. The molecule has 4 fully saturated rings. The number of allylic oxidation sites excluding steroid dienone is 1. The molecule has 1 N–H and O–H groups in total. The number of quaternary nitrogens is 1. The number of aromatic nitrogens is 1. The standard InChI is InChI=1S/C29H41N2O3/c1-22(2)15-18-33-27-21-31(16-13-23(27)14-17-31)20-26-19-30-28(34-26)29(32,24-9-5-3-6-10-24)25-11-7-4-8-12-25/h3,5-6,9-10,15,19,23,25,27,32H,4,7-8,11-14,16-18,20-21H2,1-2H3/q+1/t23?,27?,29-,31?/m0/s1. The van der Waals surface area contributed by atoms with Crippen LogP contribution in [0.15, 0.2) is 52.6 Å². The van der Waals surface area contributed by atoms with Gasteiger partial charge in [-0.25, -0.2) is 4.98 Å². The summed E-state index contributed by atoms with van der Waals surface area (Å²) < 4.78 is 13.7. The van der Waals surface area contributed by atoms with E-state index in [4.69, 9.17) is 14.1 Å². The highest BCUT2D eigenvalue weighted by Gasteiger charge is 2.48. The maximum atomic E-state index is 12.1. The fraction of sp³-hybridized carbons (Fsp3) is 0.621. The monoisotopic (exact) mass is 465 g/mol. The fourth-order valence-corrected chi connectivity index (χ4v) is 6.60. The van der Waals surface area contributed by atoms with Gasteiger partial charge in [0.2, 0.25) is 5.89 Å². The van der Waals surface area contributed by atoms with E-state index in [1.54, 1.807) is 0 Å². The second kappa shape index (κ2) is 9.96. The molecule has 1 aromatic carbocycles. The van der Waals surface area contributed by atoms with Crippen LogP contribution in [0.3, 0.4) is 0 Å². The number of fused-ring (bicyclic) bond motifs is 3. The molecule has 5 nitrogen and oxygen atoms in total. The Morgan fingerprint density at radius 1 is 1.12 bits per heavy atom. The van der Waals surface area contributed by atoms with Gasteiger partial charge in [-0.15, -0.1) is 0 Å². The van der Waals surface area contributed by atoms with E-state index in [2.05, 4.69) is 19.9 Å². The SMILES string of the molecule is CC(C)=CCOC1C[N+]2(Cc3cnc([C@](O)(c4ccccc4)C4CCCCC4)o3)CCC1CC2. The highest BCUT2D eigenvalue weighted by atomic mass is 16.5. The van der Waals surface area contributed by atoms with E-state index < -0.39 is 5.60 Å². The van der Waals surface area contributed by atoms with Gasteiger partial charge in [0.25, 0.3) is 0 Å².